The summed E-state index contributed by atoms with van der Waals surface area (Å²) in [5.41, 5.74) is 1.16. The van der Waals surface area contributed by atoms with E-state index in [0.29, 0.717) is 6.54 Å². The second-order valence-electron chi connectivity index (χ2n) is 4.33. The Kier molecular flexibility index (Phi) is 2.22. The monoisotopic (exact) mass is 209 g/mol. The van der Waals surface area contributed by atoms with Gasteiger partial charge in [0.1, 0.15) is 5.69 Å². The van der Waals surface area contributed by atoms with E-state index in [9.17, 15) is 4.79 Å². The molecule has 1 saturated heterocycles. The van der Waals surface area contributed by atoms with Crippen LogP contribution in [0.3, 0.4) is 0 Å². The summed E-state index contributed by atoms with van der Waals surface area (Å²) < 4.78 is 0. The molecule has 1 fully saturated rings. The van der Waals surface area contributed by atoms with Gasteiger partial charge >= 0.3 is 0 Å². The van der Waals surface area contributed by atoms with E-state index in [2.05, 4.69) is 26.0 Å². The molecular formula is C9H15N5O. The lowest BCUT2D eigenvalue weighted by Gasteiger charge is -2.35. The third-order valence-corrected chi connectivity index (χ3v) is 2.66. The standard InChI is InChI=1S/C9H15N5O/c1-5-7(13-14-12-5)6-4-10-8(15)9(2,3)11-6/h6,11H,4H2,1-3H3,(H,10,15)(H,12,13,14). The minimum absolute atomic E-state index is 0.0138. The maximum Gasteiger partial charge on any atom is 0.239 e. The largest absolute Gasteiger partial charge is 0.353 e. The molecule has 1 aromatic rings. The zero-order valence-electron chi connectivity index (χ0n) is 9.09. The number of nitrogens with one attached hydrogen (secondary N) is 3. The zero-order valence-corrected chi connectivity index (χ0v) is 9.09. The number of hydrogen-bond donors (Lipinski definition) is 3. The lowest BCUT2D eigenvalue weighted by molar-refractivity contribution is -0.128. The molecule has 0 spiro atoms. The predicted octanol–water partition coefficient (Wildman–Crippen LogP) is -0.348. The Hall–Kier alpha value is -1.43. The number of piperazine rings is 1. The molecule has 3 N–H and O–H groups in total. The van der Waals surface area contributed by atoms with E-state index in [1.54, 1.807) is 0 Å². The first-order valence-electron chi connectivity index (χ1n) is 4.94. The number of H-pyrrole nitrogens is 1. The van der Waals surface area contributed by atoms with E-state index in [1.807, 2.05) is 20.8 Å². The normalized spacial score (nSPS) is 25.0. The third kappa shape index (κ3) is 1.72. The Labute approximate surface area is 87.8 Å². The molecule has 2 heterocycles. The van der Waals surface area contributed by atoms with E-state index in [-0.39, 0.29) is 11.9 Å². The van der Waals surface area contributed by atoms with Crippen LogP contribution in [-0.4, -0.2) is 33.4 Å². The van der Waals surface area contributed by atoms with Crippen molar-refractivity contribution in [3.05, 3.63) is 11.4 Å². The molecule has 0 aliphatic carbocycles. The van der Waals surface area contributed by atoms with Crippen LogP contribution in [0.2, 0.25) is 0 Å². The van der Waals surface area contributed by atoms with Gasteiger partial charge in [0.15, 0.2) is 0 Å². The highest BCUT2D eigenvalue weighted by Crippen LogP contribution is 2.19. The fourth-order valence-electron chi connectivity index (χ4n) is 1.76. The van der Waals surface area contributed by atoms with Crippen molar-refractivity contribution in [2.24, 2.45) is 0 Å². The second kappa shape index (κ2) is 3.30. The molecule has 1 amide bonds. The summed E-state index contributed by atoms with van der Waals surface area (Å²) in [5, 5.41) is 16.7. The van der Waals surface area contributed by atoms with Gasteiger partial charge in [-0.15, -0.1) is 0 Å². The van der Waals surface area contributed by atoms with Gasteiger partial charge in [-0.25, -0.2) is 0 Å². The predicted molar refractivity (Wildman–Crippen MR) is 54.1 cm³/mol. The molecule has 2 rings (SSSR count). The lowest BCUT2D eigenvalue weighted by atomic mass is 9.97. The first-order valence-corrected chi connectivity index (χ1v) is 4.94. The summed E-state index contributed by atoms with van der Waals surface area (Å²) in [6.45, 7) is 6.15. The van der Waals surface area contributed by atoms with Crippen LogP contribution in [0.4, 0.5) is 0 Å². The molecule has 1 aliphatic rings. The van der Waals surface area contributed by atoms with E-state index >= 15 is 0 Å². The van der Waals surface area contributed by atoms with Gasteiger partial charge in [0, 0.05) is 6.54 Å². The molecular weight excluding hydrogens is 194 g/mol. The highest BCUT2D eigenvalue weighted by atomic mass is 16.2. The number of carbonyl (C=O) groups excluding carboxylic acids is 1. The number of carbonyl (C=O) groups is 1. The van der Waals surface area contributed by atoms with Gasteiger partial charge in [-0.05, 0) is 20.8 Å². The Bertz CT molecular complexity index is 384. The third-order valence-electron chi connectivity index (χ3n) is 2.66. The lowest BCUT2D eigenvalue weighted by Crippen LogP contribution is -2.61. The topological polar surface area (TPSA) is 82.7 Å². The second-order valence-corrected chi connectivity index (χ2v) is 4.33. The van der Waals surface area contributed by atoms with Crippen molar-refractivity contribution in [3.8, 4) is 0 Å². The molecule has 6 nitrogen and oxygen atoms in total. The molecule has 1 aromatic heterocycles. The summed E-state index contributed by atoms with van der Waals surface area (Å²) in [6, 6.07) is 0.0245. The summed E-state index contributed by atoms with van der Waals surface area (Å²) in [5.74, 6) is 0.0138. The number of hydrogen-bond acceptors (Lipinski definition) is 4. The number of nitrogens with zero attached hydrogens (tertiary/aromatic N) is 2. The number of aromatic nitrogens is 3. The molecule has 0 aromatic carbocycles. The Morgan fingerprint density at radius 2 is 2.13 bits per heavy atom. The summed E-state index contributed by atoms with van der Waals surface area (Å²) in [7, 11) is 0. The SMILES string of the molecule is Cc1n[nH]nc1C1CNC(=O)C(C)(C)N1. The van der Waals surface area contributed by atoms with Gasteiger partial charge in [0.2, 0.25) is 5.91 Å². The van der Waals surface area contributed by atoms with Gasteiger partial charge in [-0.3, -0.25) is 10.1 Å². The van der Waals surface area contributed by atoms with Crippen LogP contribution >= 0.6 is 0 Å². The van der Waals surface area contributed by atoms with Crippen molar-refractivity contribution in [3.63, 3.8) is 0 Å². The van der Waals surface area contributed by atoms with Crippen LogP contribution in [0.5, 0.6) is 0 Å². The summed E-state index contributed by atoms with van der Waals surface area (Å²) >= 11 is 0. The van der Waals surface area contributed by atoms with Crippen LogP contribution < -0.4 is 10.6 Å². The molecule has 0 saturated carbocycles. The van der Waals surface area contributed by atoms with Gasteiger partial charge in [-0.1, -0.05) is 0 Å². The van der Waals surface area contributed by atoms with E-state index in [4.69, 9.17) is 0 Å². The number of amides is 1. The van der Waals surface area contributed by atoms with Crippen LogP contribution in [0, 0.1) is 6.92 Å². The average molecular weight is 209 g/mol. The molecule has 15 heavy (non-hydrogen) atoms. The minimum atomic E-state index is -0.561. The van der Waals surface area contributed by atoms with E-state index in [1.165, 1.54) is 0 Å². The fourth-order valence-corrected chi connectivity index (χ4v) is 1.76. The summed E-state index contributed by atoms with van der Waals surface area (Å²) in [4.78, 5) is 11.5. The van der Waals surface area contributed by atoms with Crippen molar-refractivity contribution in [1.82, 2.24) is 26.0 Å². The van der Waals surface area contributed by atoms with Crippen LogP contribution in [0.25, 0.3) is 0 Å². The number of rotatable bonds is 1. The minimum Gasteiger partial charge on any atom is -0.353 e. The van der Waals surface area contributed by atoms with E-state index < -0.39 is 5.54 Å². The van der Waals surface area contributed by atoms with Crippen molar-refractivity contribution in [2.75, 3.05) is 6.54 Å². The van der Waals surface area contributed by atoms with Crippen molar-refractivity contribution in [2.45, 2.75) is 32.4 Å². The van der Waals surface area contributed by atoms with Crippen molar-refractivity contribution < 1.29 is 4.79 Å². The molecule has 1 unspecified atom stereocenters. The number of aryl methyl sites for hydroxylation is 1. The quantitative estimate of drug-likeness (QED) is 0.590. The van der Waals surface area contributed by atoms with Crippen LogP contribution in [-0.2, 0) is 4.79 Å². The van der Waals surface area contributed by atoms with Gasteiger partial charge in [0.25, 0.3) is 0 Å². The zero-order chi connectivity index (χ0) is 11.1. The first-order chi connectivity index (χ1) is 7.00. The molecule has 6 heteroatoms. The highest BCUT2D eigenvalue weighted by molar-refractivity contribution is 5.86. The van der Waals surface area contributed by atoms with E-state index in [0.717, 1.165) is 11.4 Å². The number of aromatic amines is 1. The molecule has 0 bridgehead atoms. The molecule has 0 radical (unpaired) electrons. The Balaban J connectivity index is 2.21. The van der Waals surface area contributed by atoms with Crippen LogP contribution in [0.1, 0.15) is 31.3 Å². The average Bonchev–Trinajstić information content (AvgIpc) is 2.56. The summed E-state index contributed by atoms with van der Waals surface area (Å²) in [6.07, 6.45) is 0. The smallest absolute Gasteiger partial charge is 0.239 e. The van der Waals surface area contributed by atoms with Crippen LogP contribution in [0.15, 0.2) is 0 Å². The fraction of sp³-hybridized carbons (Fsp3) is 0.667. The van der Waals surface area contributed by atoms with Gasteiger partial charge < -0.3 is 5.32 Å². The Morgan fingerprint density at radius 1 is 1.40 bits per heavy atom. The highest BCUT2D eigenvalue weighted by Gasteiger charge is 2.36. The Morgan fingerprint density at radius 3 is 2.67 bits per heavy atom. The first kappa shape index (κ1) is 10.1. The maximum atomic E-state index is 11.5. The van der Waals surface area contributed by atoms with Crippen molar-refractivity contribution >= 4 is 5.91 Å². The molecule has 1 atom stereocenters. The van der Waals surface area contributed by atoms with Gasteiger partial charge in [0.05, 0.1) is 17.3 Å². The maximum absolute atomic E-state index is 11.5. The molecule has 1 aliphatic heterocycles. The van der Waals surface area contributed by atoms with Crippen molar-refractivity contribution in [1.29, 1.82) is 0 Å². The molecule has 82 valence electrons. The van der Waals surface area contributed by atoms with Gasteiger partial charge in [-0.2, -0.15) is 15.4 Å².